The van der Waals surface area contributed by atoms with Crippen LogP contribution in [0.4, 0.5) is 0 Å². The summed E-state index contributed by atoms with van der Waals surface area (Å²) in [6.07, 6.45) is -0.221. The molecule has 8 nitrogen and oxygen atoms in total. The number of aromatic carboxylic acids is 1. The van der Waals surface area contributed by atoms with Crippen LogP contribution in [0.15, 0.2) is 77.9 Å². The van der Waals surface area contributed by atoms with E-state index >= 15 is 0 Å². The fraction of sp³-hybridized carbons (Fsp3) is 0.200. The molecule has 0 fully saturated rings. The number of carbonyl (C=O) groups is 1. The summed E-state index contributed by atoms with van der Waals surface area (Å²) in [5.74, 6) is 0.438. The molecular formula is C30H26N2O6. The van der Waals surface area contributed by atoms with E-state index in [0.29, 0.717) is 29.2 Å². The van der Waals surface area contributed by atoms with E-state index < -0.39 is 12.2 Å². The van der Waals surface area contributed by atoms with Crippen LogP contribution in [0.1, 0.15) is 45.7 Å². The molecule has 192 valence electrons. The van der Waals surface area contributed by atoms with Crippen LogP contribution in [0.3, 0.4) is 0 Å². The smallest absolute Gasteiger partial charge is 0.340 e. The Hall–Kier alpha value is -4.72. The van der Waals surface area contributed by atoms with Gasteiger partial charge in [-0.25, -0.2) is 9.80 Å². The molecule has 0 bridgehead atoms. The molecule has 2 heterocycles. The summed E-state index contributed by atoms with van der Waals surface area (Å²) in [5, 5.41) is 19.4. The van der Waals surface area contributed by atoms with Gasteiger partial charge in [0.2, 0.25) is 6.23 Å². The molecule has 0 saturated carbocycles. The Labute approximate surface area is 219 Å². The highest BCUT2D eigenvalue weighted by Gasteiger charge is 2.44. The topological polar surface area (TPSA) is 89.8 Å². The number of hydrazone groups is 1. The second-order valence-electron chi connectivity index (χ2n) is 9.13. The number of rotatable bonds is 6. The van der Waals surface area contributed by atoms with Crippen molar-refractivity contribution in [2.45, 2.75) is 18.7 Å². The van der Waals surface area contributed by atoms with Gasteiger partial charge in [0.05, 0.1) is 33.1 Å². The molecule has 38 heavy (non-hydrogen) atoms. The standard InChI is InChI=1S/C30H26N2O6/c1-35-24-10-6-9-20-23-16-22(19-12-11-17-7-4-5-8-18(17)15-19)31-32(23)29(38-27(20)24)21-13-14-25(36-2)28(37-3)26(21)30(33)34/h4-15,23,29H,16H2,1-3H3,(H,33,34)/t23-,29+/m0/s1. The second kappa shape index (κ2) is 9.30. The van der Waals surface area contributed by atoms with Crippen molar-refractivity contribution in [2.75, 3.05) is 21.3 Å². The van der Waals surface area contributed by atoms with Crippen molar-refractivity contribution < 1.29 is 28.8 Å². The summed E-state index contributed by atoms with van der Waals surface area (Å²) in [6.45, 7) is 0. The maximum Gasteiger partial charge on any atom is 0.340 e. The van der Waals surface area contributed by atoms with E-state index in [1.807, 2.05) is 35.3 Å². The minimum absolute atomic E-state index is 0.0386. The average Bonchev–Trinajstić information content (AvgIpc) is 3.41. The molecule has 4 aromatic carbocycles. The number of carboxylic acids is 1. The van der Waals surface area contributed by atoms with Crippen LogP contribution in [0, 0.1) is 0 Å². The fourth-order valence-corrected chi connectivity index (χ4v) is 5.36. The Balaban J connectivity index is 1.53. The van der Waals surface area contributed by atoms with Crippen LogP contribution in [-0.2, 0) is 0 Å². The number of benzene rings is 4. The SMILES string of the molecule is COc1cccc2c1O[C@H](c1ccc(OC)c(OC)c1C(=O)O)N1N=C(c3ccc4ccccc4c3)C[C@@H]21. The monoisotopic (exact) mass is 510 g/mol. The molecule has 0 aromatic heterocycles. The zero-order valence-electron chi connectivity index (χ0n) is 21.2. The van der Waals surface area contributed by atoms with Crippen LogP contribution < -0.4 is 18.9 Å². The van der Waals surface area contributed by atoms with Gasteiger partial charge in [-0.05, 0) is 40.6 Å². The third kappa shape index (κ3) is 3.68. The molecule has 0 spiro atoms. The molecular weight excluding hydrogens is 484 g/mol. The fourth-order valence-electron chi connectivity index (χ4n) is 5.36. The van der Waals surface area contributed by atoms with E-state index in [1.54, 1.807) is 19.2 Å². The lowest BCUT2D eigenvalue weighted by Gasteiger charge is -2.39. The first-order valence-electron chi connectivity index (χ1n) is 12.2. The molecule has 0 saturated heterocycles. The van der Waals surface area contributed by atoms with Crippen molar-refractivity contribution in [1.29, 1.82) is 0 Å². The second-order valence-corrected chi connectivity index (χ2v) is 9.13. The molecule has 6 rings (SSSR count). The van der Waals surface area contributed by atoms with Crippen molar-refractivity contribution >= 4 is 22.5 Å². The average molecular weight is 511 g/mol. The number of hydrogen-bond acceptors (Lipinski definition) is 7. The van der Waals surface area contributed by atoms with E-state index in [0.717, 1.165) is 27.6 Å². The summed E-state index contributed by atoms with van der Waals surface area (Å²) in [5.41, 5.74) is 3.19. The van der Waals surface area contributed by atoms with Crippen LogP contribution in [0.25, 0.3) is 10.8 Å². The molecule has 8 heteroatoms. The molecule has 2 aliphatic heterocycles. The number of nitrogens with zero attached hydrogens (tertiary/aromatic N) is 2. The van der Waals surface area contributed by atoms with Crippen LogP contribution >= 0.6 is 0 Å². The van der Waals surface area contributed by atoms with Gasteiger partial charge in [-0.3, -0.25) is 0 Å². The number of carboxylic acid groups (broad SMARTS) is 1. The highest BCUT2D eigenvalue weighted by molar-refractivity contribution is 6.04. The van der Waals surface area contributed by atoms with Gasteiger partial charge in [0.1, 0.15) is 5.56 Å². The van der Waals surface area contributed by atoms with Gasteiger partial charge in [-0.15, -0.1) is 0 Å². The van der Waals surface area contributed by atoms with Crippen LogP contribution in [0.2, 0.25) is 0 Å². The van der Waals surface area contributed by atoms with Crippen LogP contribution in [0.5, 0.6) is 23.0 Å². The highest BCUT2D eigenvalue weighted by atomic mass is 16.5. The van der Waals surface area contributed by atoms with Gasteiger partial charge in [-0.2, -0.15) is 5.10 Å². The van der Waals surface area contributed by atoms with Gasteiger partial charge < -0.3 is 24.1 Å². The molecule has 2 aliphatic rings. The summed E-state index contributed by atoms with van der Waals surface area (Å²) >= 11 is 0. The summed E-state index contributed by atoms with van der Waals surface area (Å²) in [7, 11) is 4.48. The van der Waals surface area contributed by atoms with Crippen molar-refractivity contribution in [3.8, 4) is 23.0 Å². The predicted molar refractivity (Wildman–Crippen MR) is 143 cm³/mol. The van der Waals surface area contributed by atoms with Gasteiger partial charge >= 0.3 is 5.97 Å². The maximum absolute atomic E-state index is 12.5. The number of hydrogen-bond donors (Lipinski definition) is 1. The third-order valence-corrected chi connectivity index (χ3v) is 7.14. The van der Waals surface area contributed by atoms with Gasteiger partial charge in [-0.1, -0.05) is 48.5 Å². The number of methoxy groups -OCH3 is 3. The molecule has 0 unspecified atom stereocenters. The predicted octanol–water partition coefficient (Wildman–Crippen LogP) is 5.81. The first-order valence-corrected chi connectivity index (χ1v) is 12.2. The van der Waals surface area contributed by atoms with E-state index in [4.69, 9.17) is 24.0 Å². The maximum atomic E-state index is 12.5. The zero-order chi connectivity index (χ0) is 26.4. The molecule has 2 atom stereocenters. The first-order chi connectivity index (χ1) is 18.5. The van der Waals surface area contributed by atoms with E-state index in [1.165, 1.54) is 14.2 Å². The van der Waals surface area contributed by atoms with Gasteiger partial charge in [0.15, 0.2) is 23.0 Å². The number of para-hydroxylation sites is 1. The minimum Gasteiger partial charge on any atom is -0.493 e. The molecule has 1 N–H and O–H groups in total. The number of ether oxygens (including phenoxy) is 4. The first kappa shape index (κ1) is 23.7. The Bertz CT molecular complexity index is 1600. The van der Waals surface area contributed by atoms with Crippen molar-refractivity contribution in [1.82, 2.24) is 5.01 Å². The van der Waals surface area contributed by atoms with Crippen molar-refractivity contribution in [3.05, 3.63) is 95.1 Å². The summed E-state index contributed by atoms with van der Waals surface area (Å²) in [4.78, 5) is 12.5. The lowest BCUT2D eigenvalue weighted by Crippen LogP contribution is -2.35. The summed E-state index contributed by atoms with van der Waals surface area (Å²) in [6, 6.07) is 23.4. The Morgan fingerprint density at radius 2 is 1.68 bits per heavy atom. The quantitative estimate of drug-likeness (QED) is 0.350. The molecule has 0 aliphatic carbocycles. The number of fused-ring (bicyclic) bond motifs is 4. The Morgan fingerprint density at radius 1 is 0.895 bits per heavy atom. The lowest BCUT2D eigenvalue weighted by atomic mass is 9.94. The molecule has 4 aromatic rings. The van der Waals surface area contributed by atoms with Crippen molar-refractivity contribution in [3.63, 3.8) is 0 Å². The van der Waals surface area contributed by atoms with Crippen LogP contribution in [-0.4, -0.2) is 43.1 Å². The Morgan fingerprint density at radius 3 is 2.42 bits per heavy atom. The van der Waals surface area contributed by atoms with Crippen molar-refractivity contribution in [2.24, 2.45) is 5.10 Å². The minimum atomic E-state index is -1.15. The molecule has 0 radical (unpaired) electrons. The van der Waals surface area contributed by atoms with E-state index in [9.17, 15) is 9.90 Å². The summed E-state index contributed by atoms with van der Waals surface area (Å²) < 4.78 is 23.0. The third-order valence-electron chi connectivity index (χ3n) is 7.14. The van der Waals surface area contributed by atoms with E-state index in [-0.39, 0.29) is 17.4 Å². The molecule has 0 amide bonds. The Kier molecular flexibility index (Phi) is 5.79. The van der Waals surface area contributed by atoms with Gasteiger partial charge in [0, 0.05) is 17.5 Å². The van der Waals surface area contributed by atoms with Gasteiger partial charge in [0.25, 0.3) is 0 Å². The largest absolute Gasteiger partial charge is 0.493 e. The normalized spacial score (nSPS) is 17.8. The van der Waals surface area contributed by atoms with E-state index in [2.05, 4.69) is 30.3 Å². The lowest BCUT2D eigenvalue weighted by molar-refractivity contribution is -0.0217. The highest BCUT2D eigenvalue weighted by Crippen LogP contribution is 2.52. The zero-order valence-corrected chi connectivity index (χ0v) is 21.2.